The topological polar surface area (TPSA) is 211 Å². The maximum atomic E-state index is 14.3. The van der Waals surface area contributed by atoms with Gasteiger partial charge in [0.1, 0.15) is 23.7 Å². The minimum atomic E-state index is -3.56. The summed E-state index contributed by atoms with van der Waals surface area (Å²) in [5, 5.41) is 13.7. The van der Waals surface area contributed by atoms with E-state index in [4.69, 9.17) is 23.2 Å². The second kappa shape index (κ2) is 24.6. The molecule has 5 aromatic carbocycles. The van der Waals surface area contributed by atoms with E-state index in [0.29, 0.717) is 117 Å². The standard InChI is InChI=1S/C32H34ClFN4O4S.C31H33ClFN5O4S/c1-43(41,42)38-20-32(26-18-25(34)10-11-29(26)38)12-14-37(15-13-32)31(40)28(16-21-6-8-24(33)9-7-21)36-30(39)27-17-22-4-2-3-5-23(22)19-35-27;1-43(41,42)38-19-31(25-16-24(33)6-7-28(25)38)9-12-37(13-10-31)30(40)27(14-20-2-4-23(32)5-3-20)36-29(39)26-15-21-8-11-34-17-22(21)18-35-26/h2-11,18,27-28,35H,12-17,19-20H2,1H3,(H,36,39);2-8,11,16-17,26-27,35H,9-10,12-15,18-19H2,1H3,(H,36,39)/t27?,28-;26?,27-/m11/s1. The lowest BCUT2D eigenvalue weighted by molar-refractivity contribution is -0.138. The van der Waals surface area contributed by atoms with E-state index in [9.17, 15) is 44.8 Å². The van der Waals surface area contributed by atoms with Crippen LogP contribution < -0.4 is 29.9 Å². The summed E-state index contributed by atoms with van der Waals surface area (Å²) in [4.78, 5) is 62.6. The zero-order chi connectivity index (χ0) is 60.7. The van der Waals surface area contributed by atoms with Crippen molar-refractivity contribution in [2.45, 2.75) is 99.5 Å². The summed E-state index contributed by atoms with van der Waals surface area (Å²) in [7, 11) is -7.12. The van der Waals surface area contributed by atoms with Crippen LogP contribution in [0.4, 0.5) is 20.2 Å². The highest BCUT2D eigenvalue weighted by Crippen LogP contribution is 2.50. The monoisotopic (exact) mass is 1250 g/mol. The van der Waals surface area contributed by atoms with E-state index in [-0.39, 0.29) is 43.1 Å². The Balaban J connectivity index is 0.000000179. The van der Waals surface area contributed by atoms with Crippen molar-refractivity contribution in [1.82, 2.24) is 36.1 Å². The number of benzene rings is 5. The molecule has 4 atom stereocenters. The van der Waals surface area contributed by atoms with Crippen molar-refractivity contribution in [3.63, 3.8) is 0 Å². The molecule has 2 unspecified atom stereocenters. The number of fused-ring (bicyclic) bond motifs is 6. The van der Waals surface area contributed by atoms with Gasteiger partial charge in [0.15, 0.2) is 0 Å². The third kappa shape index (κ3) is 13.0. The molecule has 23 heteroatoms. The highest BCUT2D eigenvalue weighted by molar-refractivity contribution is 7.92. The minimum absolute atomic E-state index is 0.202. The van der Waals surface area contributed by atoms with Gasteiger partial charge < -0.3 is 31.1 Å². The van der Waals surface area contributed by atoms with Gasteiger partial charge in [0.25, 0.3) is 0 Å². The number of carbonyl (C=O) groups is 4. The second-order valence-corrected chi connectivity index (χ2v) is 28.2. The molecule has 2 saturated heterocycles. The number of anilines is 2. The Labute approximate surface area is 509 Å². The maximum absolute atomic E-state index is 14.3. The number of hydrogen-bond donors (Lipinski definition) is 4. The molecule has 0 bridgehead atoms. The fourth-order valence-electron chi connectivity index (χ4n) is 13.2. The number of nitrogens with zero attached hydrogens (tertiary/aromatic N) is 5. The van der Waals surface area contributed by atoms with E-state index in [1.54, 1.807) is 46.5 Å². The van der Waals surface area contributed by atoms with Gasteiger partial charge in [-0.05, 0) is 150 Å². The molecule has 6 aliphatic heterocycles. The van der Waals surface area contributed by atoms with E-state index in [2.05, 4.69) is 26.3 Å². The van der Waals surface area contributed by atoms with Crippen LogP contribution in [0.3, 0.4) is 0 Å². The fraction of sp³-hybridized carbons (Fsp3) is 0.381. The Morgan fingerprint density at radius 3 is 1.42 bits per heavy atom. The van der Waals surface area contributed by atoms with Gasteiger partial charge in [-0.2, -0.15) is 0 Å². The molecule has 12 rings (SSSR count). The predicted molar refractivity (Wildman–Crippen MR) is 326 cm³/mol. The van der Waals surface area contributed by atoms with Gasteiger partial charge in [0.05, 0.1) is 36.0 Å². The Morgan fingerprint density at radius 2 is 0.988 bits per heavy atom. The molecule has 17 nitrogen and oxygen atoms in total. The van der Waals surface area contributed by atoms with Crippen molar-refractivity contribution in [3.05, 3.63) is 194 Å². The number of sulfonamides is 2. The molecule has 2 fully saturated rings. The molecule has 86 heavy (non-hydrogen) atoms. The number of rotatable bonds is 12. The lowest BCUT2D eigenvalue weighted by atomic mass is 9.74. The van der Waals surface area contributed by atoms with Gasteiger partial charge in [-0.3, -0.25) is 32.8 Å². The number of halogens is 4. The molecule has 2 spiro atoms. The molecule has 7 heterocycles. The zero-order valence-electron chi connectivity index (χ0n) is 47.6. The van der Waals surface area contributed by atoms with Crippen LogP contribution in [0, 0.1) is 11.6 Å². The molecule has 6 aromatic rings. The summed E-state index contributed by atoms with van der Waals surface area (Å²) < 4.78 is 81.7. The molecule has 4 amide bonds. The lowest BCUT2D eigenvalue weighted by Crippen LogP contribution is -2.57. The number of amides is 4. The van der Waals surface area contributed by atoms with Crippen molar-refractivity contribution in [2.24, 2.45) is 0 Å². The number of piperidine rings is 2. The Hall–Kier alpha value is -7.01. The molecule has 1 aromatic heterocycles. The van der Waals surface area contributed by atoms with Gasteiger partial charge in [-0.25, -0.2) is 25.6 Å². The average molecular weight is 1250 g/mol. The van der Waals surface area contributed by atoms with E-state index in [1.165, 1.54) is 45.0 Å². The number of aromatic nitrogens is 1. The van der Waals surface area contributed by atoms with Crippen molar-refractivity contribution in [2.75, 3.05) is 60.4 Å². The van der Waals surface area contributed by atoms with Crippen LogP contribution in [-0.4, -0.2) is 131 Å². The summed E-state index contributed by atoms with van der Waals surface area (Å²) in [6.45, 7) is 2.92. The Morgan fingerprint density at radius 1 is 0.581 bits per heavy atom. The zero-order valence-corrected chi connectivity index (χ0v) is 50.7. The van der Waals surface area contributed by atoms with Crippen LogP contribution in [0.15, 0.2) is 128 Å². The number of hydrogen-bond acceptors (Lipinski definition) is 11. The number of carbonyl (C=O) groups excluding carboxylic acids is 4. The molecule has 452 valence electrons. The van der Waals surface area contributed by atoms with E-state index >= 15 is 0 Å². The normalized spacial score (nSPS) is 19.9. The number of nitrogens with one attached hydrogen (secondary N) is 4. The third-order valence-electron chi connectivity index (χ3n) is 18.0. The molecule has 6 aliphatic rings. The fourth-order valence-corrected chi connectivity index (χ4v) is 15.5. The van der Waals surface area contributed by atoms with Crippen LogP contribution in [0.2, 0.25) is 10.0 Å². The maximum Gasteiger partial charge on any atom is 0.245 e. The molecular weight excluding hydrogens is 1180 g/mol. The van der Waals surface area contributed by atoms with Crippen LogP contribution in [-0.2, 0) is 88.8 Å². The van der Waals surface area contributed by atoms with Crippen molar-refractivity contribution < 1.29 is 44.8 Å². The molecular formula is C63H67Cl2F2N9O8S2. The Kier molecular flexibility index (Phi) is 17.4. The summed E-state index contributed by atoms with van der Waals surface area (Å²) in [5.74, 6) is -1.75. The van der Waals surface area contributed by atoms with Crippen LogP contribution in [0.25, 0.3) is 0 Å². The number of pyridine rings is 1. The van der Waals surface area contributed by atoms with E-state index in [1.807, 2.05) is 54.6 Å². The average Bonchev–Trinajstić information content (AvgIpc) is 1.66. The summed E-state index contributed by atoms with van der Waals surface area (Å²) in [5.41, 5.74) is 7.21. The molecule has 0 saturated carbocycles. The highest BCUT2D eigenvalue weighted by atomic mass is 35.5. The van der Waals surface area contributed by atoms with Gasteiger partial charge >= 0.3 is 0 Å². The van der Waals surface area contributed by atoms with Crippen LogP contribution in [0.5, 0.6) is 0 Å². The smallest absolute Gasteiger partial charge is 0.245 e. The summed E-state index contributed by atoms with van der Waals surface area (Å²) in [6, 6.07) is 30.2. The summed E-state index contributed by atoms with van der Waals surface area (Å²) in [6.07, 6.45) is 9.30. The quantitative estimate of drug-likeness (QED) is 0.104. The first-order chi connectivity index (χ1) is 41.0. The molecule has 4 N–H and O–H groups in total. The van der Waals surface area contributed by atoms with Gasteiger partial charge in [-0.15, -0.1) is 0 Å². The predicted octanol–water partition coefficient (Wildman–Crippen LogP) is 6.52. The van der Waals surface area contributed by atoms with E-state index < -0.39 is 66.7 Å². The van der Waals surface area contributed by atoms with Gasteiger partial charge in [0, 0.05) is 98.5 Å². The van der Waals surface area contributed by atoms with Gasteiger partial charge in [-0.1, -0.05) is 71.7 Å². The lowest BCUT2D eigenvalue weighted by Gasteiger charge is -2.41. The van der Waals surface area contributed by atoms with E-state index in [0.717, 1.165) is 45.9 Å². The van der Waals surface area contributed by atoms with Crippen LogP contribution >= 0.6 is 23.2 Å². The SMILES string of the molecule is CS(=O)(=O)N1CC2(CCN(C(=O)[C@@H](Cc3ccc(Cl)cc3)NC(=O)C3Cc4ccccc4CN3)CC2)c2cc(F)ccc21.CS(=O)(=O)N1CC2(CCN(C(=O)[C@@H](Cc3ccc(Cl)cc3)NC(=O)C3Cc4ccncc4CN3)CC2)c2cc(F)ccc21. The molecule has 0 aliphatic carbocycles. The van der Waals surface area contributed by atoms with Crippen molar-refractivity contribution in [3.8, 4) is 0 Å². The van der Waals surface area contributed by atoms with Crippen molar-refractivity contribution >= 4 is 78.3 Å². The largest absolute Gasteiger partial charge is 0.343 e. The number of likely N-dealkylation sites (tertiary alicyclic amines) is 2. The Bertz CT molecular complexity index is 3570. The van der Waals surface area contributed by atoms with Crippen LogP contribution in [0.1, 0.15) is 70.2 Å². The minimum Gasteiger partial charge on any atom is -0.343 e. The summed E-state index contributed by atoms with van der Waals surface area (Å²) >= 11 is 12.2. The first-order valence-electron chi connectivity index (χ1n) is 28.7. The van der Waals surface area contributed by atoms with Crippen molar-refractivity contribution in [1.29, 1.82) is 0 Å². The van der Waals surface area contributed by atoms with Gasteiger partial charge in [0.2, 0.25) is 43.7 Å². The third-order valence-corrected chi connectivity index (χ3v) is 20.7. The molecule has 0 radical (unpaired) electrons. The first-order valence-corrected chi connectivity index (χ1v) is 33.2. The second-order valence-electron chi connectivity index (χ2n) is 23.5. The highest BCUT2D eigenvalue weighted by Gasteiger charge is 2.50. The first kappa shape index (κ1) is 60.7.